The number of hydrazone groups is 1. The standard InChI is InChI=1S/C18H17ClFN3O2/c19-16-5-2-1-4-15(16)18(25)21-11-3-6-17(24)23-22-12-13-7-9-14(20)10-8-13/h1-2,4-5,7-10,12H,3,6,11H2,(H,21,25)(H,23,24). The van der Waals surface area contributed by atoms with Gasteiger partial charge in [-0.05, 0) is 36.2 Å². The van der Waals surface area contributed by atoms with Crippen LogP contribution in [0.2, 0.25) is 5.02 Å². The van der Waals surface area contributed by atoms with E-state index in [2.05, 4.69) is 15.8 Å². The molecule has 5 nitrogen and oxygen atoms in total. The summed E-state index contributed by atoms with van der Waals surface area (Å²) in [6.45, 7) is 0.346. The molecule has 0 fully saturated rings. The number of hydrogen-bond donors (Lipinski definition) is 2. The van der Waals surface area contributed by atoms with E-state index in [1.54, 1.807) is 36.4 Å². The number of nitrogens with zero attached hydrogens (tertiary/aromatic N) is 1. The predicted octanol–water partition coefficient (Wildman–Crippen LogP) is 3.14. The van der Waals surface area contributed by atoms with Gasteiger partial charge in [-0.25, -0.2) is 9.82 Å². The van der Waals surface area contributed by atoms with Crippen LogP contribution in [0.1, 0.15) is 28.8 Å². The zero-order valence-corrected chi connectivity index (χ0v) is 14.1. The molecule has 0 unspecified atom stereocenters. The monoisotopic (exact) mass is 361 g/mol. The number of carbonyl (C=O) groups is 2. The van der Waals surface area contributed by atoms with E-state index in [9.17, 15) is 14.0 Å². The number of benzene rings is 2. The summed E-state index contributed by atoms with van der Waals surface area (Å²) in [6, 6.07) is 12.5. The van der Waals surface area contributed by atoms with E-state index in [0.717, 1.165) is 0 Å². The van der Waals surface area contributed by atoms with Crippen molar-refractivity contribution in [3.8, 4) is 0 Å². The lowest BCUT2D eigenvalue weighted by Gasteiger charge is -2.06. The molecule has 2 N–H and O–H groups in total. The molecule has 0 aliphatic heterocycles. The van der Waals surface area contributed by atoms with E-state index in [4.69, 9.17) is 11.6 Å². The highest BCUT2D eigenvalue weighted by molar-refractivity contribution is 6.33. The molecular weight excluding hydrogens is 345 g/mol. The minimum absolute atomic E-state index is 0.212. The summed E-state index contributed by atoms with van der Waals surface area (Å²) in [4.78, 5) is 23.6. The molecule has 0 aliphatic rings. The van der Waals surface area contributed by atoms with Gasteiger partial charge in [0.05, 0.1) is 16.8 Å². The maximum Gasteiger partial charge on any atom is 0.252 e. The summed E-state index contributed by atoms with van der Waals surface area (Å²) in [5, 5.41) is 6.88. The summed E-state index contributed by atoms with van der Waals surface area (Å²) < 4.78 is 12.7. The van der Waals surface area contributed by atoms with Gasteiger partial charge in [-0.2, -0.15) is 5.10 Å². The second-order valence-corrected chi connectivity index (χ2v) is 5.59. The Morgan fingerprint density at radius 2 is 1.84 bits per heavy atom. The van der Waals surface area contributed by atoms with E-state index in [1.807, 2.05) is 0 Å². The van der Waals surface area contributed by atoms with E-state index >= 15 is 0 Å². The van der Waals surface area contributed by atoms with Crippen molar-refractivity contribution >= 4 is 29.6 Å². The van der Waals surface area contributed by atoms with Crippen LogP contribution in [0, 0.1) is 5.82 Å². The van der Waals surface area contributed by atoms with Crippen LogP contribution in [0.15, 0.2) is 53.6 Å². The average molecular weight is 362 g/mol. The lowest BCUT2D eigenvalue weighted by Crippen LogP contribution is -2.26. The molecule has 2 rings (SSSR count). The van der Waals surface area contributed by atoms with Crippen LogP contribution in [-0.2, 0) is 4.79 Å². The van der Waals surface area contributed by atoms with Crippen molar-refractivity contribution in [2.45, 2.75) is 12.8 Å². The van der Waals surface area contributed by atoms with Gasteiger partial charge < -0.3 is 5.32 Å². The topological polar surface area (TPSA) is 70.6 Å². The van der Waals surface area contributed by atoms with Crippen LogP contribution in [0.5, 0.6) is 0 Å². The minimum Gasteiger partial charge on any atom is -0.352 e. The Morgan fingerprint density at radius 3 is 2.56 bits per heavy atom. The largest absolute Gasteiger partial charge is 0.352 e. The number of nitrogens with one attached hydrogen (secondary N) is 2. The van der Waals surface area contributed by atoms with E-state index < -0.39 is 0 Å². The van der Waals surface area contributed by atoms with Gasteiger partial charge in [-0.1, -0.05) is 35.9 Å². The zero-order chi connectivity index (χ0) is 18.1. The molecule has 0 bridgehead atoms. The first-order chi connectivity index (χ1) is 12.1. The smallest absolute Gasteiger partial charge is 0.252 e. The summed E-state index contributed by atoms with van der Waals surface area (Å²) in [5.41, 5.74) is 3.45. The Hall–Kier alpha value is -2.73. The van der Waals surface area contributed by atoms with Gasteiger partial charge >= 0.3 is 0 Å². The van der Waals surface area contributed by atoms with Crippen molar-refractivity contribution < 1.29 is 14.0 Å². The molecule has 0 atom stereocenters. The van der Waals surface area contributed by atoms with Gasteiger partial charge in [0, 0.05) is 13.0 Å². The van der Waals surface area contributed by atoms with Crippen LogP contribution < -0.4 is 10.7 Å². The fraction of sp³-hybridized carbons (Fsp3) is 0.167. The first-order valence-corrected chi connectivity index (χ1v) is 8.04. The fourth-order valence-corrected chi connectivity index (χ4v) is 2.20. The highest BCUT2D eigenvalue weighted by Crippen LogP contribution is 2.14. The van der Waals surface area contributed by atoms with Crippen molar-refractivity contribution in [1.82, 2.24) is 10.7 Å². The minimum atomic E-state index is -0.333. The Bertz CT molecular complexity index is 763. The molecule has 25 heavy (non-hydrogen) atoms. The summed E-state index contributed by atoms with van der Waals surface area (Å²) in [6.07, 6.45) is 2.11. The van der Waals surface area contributed by atoms with Crippen molar-refractivity contribution in [2.24, 2.45) is 5.10 Å². The number of amides is 2. The second kappa shape index (κ2) is 9.54. The number of carbonyl (C=O) groups excluding carboxylic acids is 2. The molecule has 2 amide bonds. The Morgan fingerprint density at radius 1 is 1.12 bits per heavy atom. The molecule has 0 aromatic heterocycles. The average Bonchev–Trinajstić information content (AvgIpc) is 2.60. The van der Waals surface area contributed by atoms with Crippen molar-refractivity contribution in [3.63, 3.8) is 0 Å². The van der Waals surface area contributed by atoms with Crippen LogP contribution >= 0.6 is 11.6 Å². The first kappa shape index (κ1) is 18.6. The van der Waals surface area contributed by atoms with E-state index in [-0.39, 0.29) is 24.1 Å². The van der Waals surface area contributed by atoms with Crippen molar-refractivity contribution in [1.29, 1.82) is 0 Å². The summed E-state index contributed by atoms with van der Waals surface area (Å²) >= 11 is 5.94. The molecule has 0 saturated heterocycles. The van der Waals surface area contributed by atoms with Gasteiger partial charge in [-0.15, -0.1) is 0 Å². The maximum atomic E-state index is 12.7. The van der Waals surface area contributed by atoms with E-state index in [1.165, 1.54) is 18.3 Å². The van der Waals surface area contributed by atoms with E-state index in [0.29, 0.717) is 29.1 Å². The lowest BCUT2D eigenvalue weighted by molar-refractivity contribution is -0.121. The van der Waals surface area contributed by atoms with Gasteiger partial charge in [-0.3, -0.25) is 9.59 Å². The molecule has 2 aromatic carbocycles. The molecule has 0 spiro atoms. The van der Waals surface area contributed by atoms with Gasteiger partial charge in [0.2, 0.25) is 5.91 Å². The van der Waals surface area contributed by atoms with Crippen molar-refractivity contribution in [3.05, 3.63) is 70.5 Å². The molecule has 130 valence electrons. The number of hydrogen-bond acceptors (Lipinski definition) is 3. The Labute approximate surface area is 149 Å². The third-order valence-corrected chi connectivity index (χ3v) is 3.59. The Kier molecular flexibility index (Phi) is 7.10. The first-order valence-electron chi connectivity index (χ1n) is 7.66. The molecule has 0 radical (unpaired) electrons. The lowest BCUT2D eigenvalue weighted by atomic mass is 10.2. The van der Waals surface area contributed by atoms with Crippen LogP contribution in [-0.4, -0.2) is 24.6 Å². The molecule has 0 saturated carbocycles. The number of rotatable bonds is 7. The van der Waals surface area contributed by atoms with Crippen molar-refractivity contribution in [2.75, 3.05) is 6.54 Å². The molecule has 0 heterocycles. The molecular formula is C18H17ClFN3O2. The zero-order valence-electron chi connectivity index (χ0n) is 13.3. The molecule has 0 aliphatic carbocycles. The quantitative estimate of drug-likeness (QED) is 0.452. The Balaban J connectivity index is 1.66. The van der Waals surface area contributed by atoms with Crippen LogP contribution in [0.4, 0.5) is 4.39 Å². The third-order valence-electron chi connectivity index (χ3n) is 3.26. The molecule has 2 aromatic rings. The fourth-order valence-electron chi connectivity index (χ4n) is 1.97. The van der Waals surface area contributed by atoms with Crippen LogP contribution in [0.3, 0.4) is 0 Å². The second-order valence-electron chi connectivity index (χ2n) is 5.18. The normalized spacial score (nSPS) is 10.6. The van der Waals surface area contributed by atoms with Gasteiger partial charge in [0.25, 0.3) is 5.91 Å². The molecule has 7 heteroatoms. The summed E-state index contributed by atoms with van der Waals surface area (Å²) in [5.74, 6) is -0.884. The highest BCUT2D eigenvalue weighted by Gasteiger charge is 2.08. The highest BCUT2D eigenvalue weighted by atomic mass is 35.5. The maximum absolute atomic E-state index is 12.7. The SMILES string of the molecule is O=C(CCCNC(=O)c1ccccc1Cl)NN=Cc1ccc(F)cc1. The van der Waals surface area contributed by atoms with Gasteiger partial charge in [0.15, 0.2) is 0 Å². The third kappa shape index (κ3) is 6.35. The van der Waals surface area contributed by atoms with Crippen LogP contribution in [0.25, 0.3) is 0 Å². The van der Waals surface area contributed by atoms with Gasteiger partial charge in [0.1, 0.15) is 5.82 Å². The number of halogens is 2. The summed E-state index contributed by atoms with van der Waals surface area (Å²) in [7, 11) is 0. The predicted molar refractivity (Wildman–Crippen MR) is 95.2 cm³/mol.